The molecule has 1 aliphatic rings. The molecule has 0 aromatic heterocycles. The summed E-state index contributed by atoms with van der Waals surface area (Å²) in [7, 11) is 3.46. The molecule has 0 spiro atoms. The van der Waals surface area contributed by atoms with Gasteiger partial charge in [-0.3, -0.25) is 0 Å². The largest absolute Gasteiger partial charge is 0.496 e. The van der Waals surface area contributed by atoms with E-state index < -0.39 is 0 Å². The number of halogens is 1. The number of hydrogen-bond acceptors (Lipinski definition) is 3. The van der Waals surface area contributed by atoms with Crippen LogP contribution in [0.25, 0.3) is 0 Å². The molecular formula is C14H20ClNO2. The molecule has 2 unspecified atom stereocenters. The monoisotopic (exact) mass is 269 g/mol. The predicted molar refractivity (Wildman–Crippen MR) is 73.3 cm³/mol. The van der Waals surface area contributed by atoms with Crippen LogP contribution in [0.5, 0.6) is 5.75 Å². The average molecular weight is 270 g/mol. The zero-order chi connectivity index (χ0) is 13.0. The van der Waals surface area contributed by atoms with Crippen LogP contribution < -0.4 is 10.1 Å². The molecule has 0 saturated heterocycles. The van der Waals surface area contributed by atoms with Gasteiger partial charge in [0.05, 0.1) is 13.2 Å². The summed E-state index contributed by atoms with van der Waals surface area (Å²) in [6, 6.07) is 6.13. The Morgan fingerprint density at radius 3 is 2.89 bits per heavy atom. The molecule has 3 nitrogen and oxygen atoms in total. The predicted octanol–water partition coefficient (Wildman–Crippen LogP) is 3.01. The Bertz CT molecular complexity index is 397. The molecule has 1 fully saturated rings. The molecule has 0 amide bonds. The SMILES string of the molecule is COc1ccc(Cl)cc1CNC1CCCC1OC. The summed E-state index contributed by atoms with van der Waals surface area (Å²) in [5.41, 5.74) is 1.09. The summed E-state index contributed by atoms with van der Waals surface area (Å²) in [6.45, 7) is 0.758. The molecule has 0 bridgehead atoms. The summed E-state index contributed by atoms with van der Waals surface area (Å²) < 4.78 is 10.8. The van der Waals surface area contributed by atoms with Crippen LogP contribution in [0, 0.1) is 0 Å². The van der Waals surface area contributed by atoms with E-state index in [4.69, 9.17) is 21.1 Å². The van der Waals surface area contributed by atoms with E-state index in [-0.39, 0.29) is 0 Å². The molecule has 2 rings (SSSR count). The number of ether oxygens (including phenoxy) is 2. The Balaban J connectivity index is 1.99. The maximum atomic E-state index is 6.02. The Labute approximate surface area is 113 Å². The van der Waals surface area contributed by atoms with Gasteiger partial charge in [0.2, 0.25) is 0 Å². The van der Waals surface area contributed by atoms with E-state index in [1.807, 2.05) is 18.2 Å². The van der Waals surface area contributed by atoms with Gasteiger partial charge in [-0.15, -0.1) is 0 Å². The number of methoxy groups -OCH3 is 2. The second kappa shape index (κ2) is 6.41. The lowest BCUT2D eigenvalue weighted by atomic mass is 10.1. The maximum Gasteiger partial charge on any atom is 0.123 e. The average Bonchev–Trinajstić information content (AvgIpc) is 2.84. The number of nitrogens with one attached hydrogen (secondary N) is 1. The first kappa shape index (κ1) is 13.7. The summed E-state index contributed by atoms with van der Waals surface area (Å²) in [5.74, 6) is 0.874. The van der Waals surface area contributed by atoms with Crippen LogP contribution in [0.4, 0.5) is 0 Å². The van der Waals surface area contributed by atoms with E-state index in [1.165, 1.54) is 12.8 Å². The Morgan fingerprint density at radius 2 is 2.17 bits per heavy atom. The van der Waals surface area contributed by atoms with Gasteiger partial charge >= 0.3 is 0 Å². The zero-order valence-corrected chi connectivity index (χ0v) is 11.7. The summed E-state index contributed by atoms with van der Waals surface area (Å²) >= 11 is 6.02. The van der Waals surface area contributed by atoms with Crippen molar-refractivity contribution in [3.05, 3.63) is 28.8 Å². The van der Waals surface area contributed by atoms with Crippen molar-refractivity contribution in [2.45, 2.75) is 38.0 Å². The lowest BCUT2D eigenvalue weighted by Gasteiger charge is -2.20. The van der Waals surface area contributed by atoms with E-state index in [9.17, 15) is 0 Å². The highest BCUT2D eigenvalue weighted by Crippen LogP contribution is 2.25. The van der Waals surface area contributed by atoms with Gasteiger partial charge < -0.3 is 14.8 Å². The van der Waals surface area contributed by atoms with Gasteiger partial charge in [-0.2, -0.15) is 0 Å². The van der Waals surface area contributed by atoms with Gasteiger partial charge in [0, 0.05) is 30.3 Å². The molecule has 1 saturated carbocycles. The first-order chi connectivity index (χ1) is 8.74. The highest BCUT2D eigenvalue weighted by Gasteiger charge is 2.26. The summed E-state index contributed by atoms with van der Waals surface area (Å²) in [4.78, 5) is 0. The van der Waals surface area contributed by atoms with Gasteiger partial charge in [-0.1, -0.05) is 11.6 Å². The fraction of sp³-hybridized carbons (Fsp3) is 0.571. The number of rotatable bonds is 5. The lowest BCUT2D eigenvalue weighted by Crippen LogP contribution is -2.36. The van der Waals surface area contributed by atoms with Crippen LogP contribution in [0.1, 0.15) is 24.8 Å². The van der Waals surface area contributed by atoms with Crippen LogP contribution >= 0.6 is 11.6 Å². The first-order valence-electron chi connectivity index (χ1n) is 6.33. The molecule has 4 heteroatoms. The van der Waals surface area contributed by atoms with E-state index in [0.29, 0.717) is 12.1 Å². The smallest absolute Gasteiger partial charge is 0.123 e. The second-order valence-electron chi connectivity index (χ2n) is 4.65. The van der Waals surface area contributed by atoms with Gasteiger partial charge in [-0.05, 0) is 37.5 Å². The third kappa shape index (κ3) is 3.16. The molecule has 1 N–H and O–H groups in total. The summed E-state index contributed by atoms with van der Waals surface area (Å²) in [5, 5.41) is 4.28. The third-order valence-corrected chi connectivity index (χ3v) is 3.79. The van der Waals surface area contributed by atoms with Crippen molar-refractivity contribution in [2.24, 2.45) is 0 Å². The van der Waals surface area contributed by atoms with Crippen molar-refractivity contribution >= 4 is 11.6 Å². The summed E-state index contributed by atoms with van der Waals surface area (Å²) in [6.07, 6.45) is 3.86. The molecule has 18 heavy (non-hydrogen) atoms. The van der Waals surface area contributed by atoms with E-state index in [1.54, 1.807) is 14.2 Å². The van der Waals surface area contributed by atoms with E-state index in [0.717, 1.165) is 29.3 Å². The molecule has 1 aliphatic carbocycles. The van der Waals surface area contributed by atoms with Crippen LogP contribution in [0.3, 0.4) is 0 Å². The third-order valence-electron chi connectivity index (χ3n) is 3.55. The van der Waals surface area contributed by atoms with Gasteiger partial charge in [0.15, 0.2) is 0 Å². The van der Waals surface area contributed by atoms with Crippen LogP contribution in [0.2, 0.25) is 5.02 Å². The van der Waals surface area contributed by atoms with Gasteiger partial charge in [0.25, 0.3) is 0 Å². The van der Waals surface area contributed by atoms with E-state index >= 15 is 0 Å². The zero-order valence-electron chi connectivity index (χ0n) is 10.9. The standard InChI is InChI=1S/C14H20ClNO2/c1-17-13-7-6-11(15)8-10(13)9-16-12-4-3-5-14(12)18-2/h6-8,12,14,16H,3-5,9H2,1-2H3. The molecule has 2 atom stereocenters. The van der Waals surface area contributed by atoms with Crippen molar-refractivity contribution in [3.63, 3.8) is 0 Å². The molecule has 0 heterocycles. The fourth-order valence-electron chi connectivity index (χ4n) is 2.57. The van der Waals surface area contributed by atoms with Crippen molar-refractivity contribution < 1.29 is 9.47 Å². The Kier molecular flexibility index (Phi) is 4.87. The van der Waals surface area contributed by atoms with Crippen molar-refractivity contribution in [1.82, 2.24) is 5.32 Å². The minimum absolute atomic E-state index is 0.329. The quantitative estimate of drug-likeness (QED) is 0.891. The minimum atomic E-state index is 0.329. The number of hydrogen-bond donors (Lipinski definition) is 1. The fourth-order valence-corrected chi connectivity index (χ4v) is 2.76. The Morgan fingerprint density at radius 1 is 1.33 bits per heavy atom. The lowest BCUT2D eigenvalue weighted by molar-refractivity contribution is 0.0846. The number of benzene rings is 1. The Hall–Kier alpha value is -0.770. The molecule has 1 aromatic rings. The minimum Gasteiger partial charge on any atom is -0.496 e. The normalized spacial score (nSPS) is 23.3. The molecule has 100 valence electrons. The molecule has 0 aliphatic heterocycles. The second-order valence-corrected chi connectivity index (χ2v) is 5.09. The van der Waals surface area contributed by atoms with Gasteiger partial charge in [0.1, 0.15) is 5.75 Å². The van der Waals surface area contributed by atoms with Crippen LogP contribution in [-0.2, 0) is 11.3 Å². The highest BCUT2D eigenvalue weighted by atomic mass is 35.5. The van der Waals surface area contributed by atoms with Crippen molar-refractivity contribution in [3.8, 4) is 5.75 Å². The first-order valence-corrected chi connectivity index (χ1v) is 6.71. The molecular weight excluding hydrogens is 250 g/mol. The maximum absolute atomic E-state index is 6.02. The van der Waals surface area contributed by atoms with Crippen LogP contribution in [-0.4, -0.2) is 26.4 Å². The van der Waals surface area contributed by atoms with Crippen molar-refractivity contribution in [2.75, 3.05) is 14.2 Å². The van der Waals surface area contributed by atoms with Crippen molar-refractivity contribution in [1.29, 1.82) is 0 Å². The van der Waals surface area contributed by atoms with Crippen LogP contribution in [0.15, 0.2) is 18.2 Å². The van der Waals surface area contributed by atoms with E-state index in [2.05, 4.69) is 5.32 Å². The van der Waals surface area contributed by atoms with Gasteiger partial charge in [-0.25, -0.2) is 0 Å². The topological polar surface area (TPSA) is 30.5 Å². The molecule has 0 radical (unpaired) electrons. The molecule has 1 aromatic carbocycles. The highest BCUT2D eigenvalue weighted by molar-refractivity contribution is 6.30.